The molecule has 0 bridgehead atoms. The van der Waals surface area contributed by atoms with Crippen molar-refractivity contribution >= 4 is 22.3 Å². The van der Waals surface area contributed by atoms with Gasteiger partial charge in [0.1, 0.15) is 12.4 Å². The van der Waals surface area contributed by atoms with Crippen molar-refractivity contribution in [2.45, 2.75) is 39.3 Å². The second-order valence-corrected chi connectivity index (χ2v) is 8.69. The Kier molecular flexibility index (Phi) is 9.49. The van der Waals surface area contributed by atoms with Crippen LogP contribution in [-0.2, 0) is 6.54 Å². The maximum Gasteiger partial charge on any atom is 0.191 e. The van der Waals surface area contributed by atoms with Crippen LogP contribution in [-0.4, -0.2) is 63.3 Å². The molecule has 0 unspecified atom stereocenters. The van der Waals surface area contributed by atoms with Crippen LogP contribution < -0.4 is 20.3 Å². The van der Waals surface area contributed by atoms with Crippen molar-refractivity contribution in [3.05, 3.63) is 47.3 Å². The van der Waals surface area contributed by atoms with Crippen LogP contribution in [0.4, 0.5) is 5.00 Å². The van der Waals surface area contributed by atoms with E-state index in [1.807, 2.05) is 24.5 Å². The number of hydrogen-bond donors (Lipinski definition) is 2. The highest BCUT2D eigenvalue weighted by Crippen LogP contribution is 2.24. The van der Waals surface area contributed by atoms with Crippen LogP contribution >= 0.6 is 11.3 Å². The molecule has 0 radical (unpaired) electrons. The zero-order valence-electron chi connectivity index (χ0n) is 19.1. The highest BCUT2D eigenvalue weighted by atomic mass is 32.1. The van der Waals surface area contributed by atoms with Crippen LogP contribution in [0.2, 0.25) is 0 Å². The summed E-state index contributed by atoms with van der Waals surface area (Å²) in [4.78, 5) is 9.29. The fourth-order valence-electron chi connectivity index (χ4n) is 3.88. The molecule has 6 nitrogen and oxygen atoms in total. The molecule has 2 N–H and O–H groups in total. The Morgan fingerprint density at radius 1 is 1.16 bits per heavy atom. The fourth-order valence-corrected chi connectivity index (χ4v) is 4.66. The van der Waals surface area contributed by atoms with Crippen LogP contribution in [0.25, 0.3) is 0 Å². The topological polar surface area (TPSA) is 52.1 Å². The van der Waals surface area contributed by atoms with Crippen molar-refractivity contribution in [1.82, 2.24) is 15.5 Å². The minimum absolute atomic E-state index is 0.447. The molecular weight excluding hydrogens is 406 g/mol. The van der Waals surface area contributed by atoms with E-state index in [1.54, 1.807) is 0 Å². The third-order valence-corrected chi connectivity index (χ3v) is 6.78. The van der Waals surface area contributed by atoms with Gasteiger partial charge in [-0.2, -0.15) is 0 Å². The minimum atomic E-state index is 0.447. The number of nitrogens with one attached hydrogen (secondary N) is 2. The van der Waals surface area contributed by atoms with Crippen molar-refractivity contribution in [3.63, 3.8) is 0 Å². The molecule has 2 aromatic rings. The first-order chi connectivity index (χ1) is 15.2. The summed E-state index contributed by atoms with van der Waals surface area (Å²) >= 11 is 1.82. The van der Waals surface area contributed by atoms with E-state index in [9.17, 15) is 0 Å². The zero-order valence-corrected chi connectivity index (χ0v) is 20.0. The number of benzene rings is 1. The predicted molar refractivity (Wildman–Crippen MR) is 133 cm³/mol. The van der Waals surface area contributed by atoms with E-state index in [4.69, 9.17) is 4.74 Å². The van der Waals surface area contributed by atoms with Gasteiger partial charge < -0.3 is 25.2 Å². The van der Waals surface area contributed by atoms with Gasteiger partial charge in [-0.1, -0.05) is 32.0 Å². The SMILES string of the molecule is CCN(CC)CCOc1ccccc1CNC(=NC)NC1CCN(c2cccs2)CC1. The van der Waals surface area contributed by atoms with Gasteiger partial charge in [0.25, 0.3) is 0 Å². The summed E-state index contributed by atoms with van der Waals surface area (Å²) in [6, 6.07) is 13.0. The Morgan fingerprint density at radius 2 is 1.94 bits per heavy atom. The first-order valence-electron chi connectivity index (χ1n) is 11.4. The first kappa shape index (κ1) is 23.4. The Bertz CT molecular complexity index is 783. The van der Waals surface area contributed by atoms with E-state index in [2.05, 4.69) is 75.0 Å². The number of thiophene rings is 1. The highest BCUT2D eigenvalue weighted by molar-refractivity contribution is 7.14. The normalized spacial score (nSPS) is 15.4. The second-order valence-electron chi connectivity index (χ2n) is 7.77. The third kappa shape index (κ3) is 7.14. The van der Waals surface area contributed by atoms with Gasteiger partial charge >= 0.3 is 0 Å². The summed E-state index contributed by atoms with van der Waals surface area (Å²) < 4.78 is 6.09. The van der Waals surface area contributed by atoms with Gasteiger partial charge in [-0.05, 0) is 49.5 Å². The lowest BCUT2D eigenvalue weighted by Gasteiger charge is -2.33. The molecule has 0 saturated carbocycles. The molecule has 1 fully saturated rings. The predicted octanol–water partition coefficient (Wildman–Crippen LogP) is 3.80. The largest absolute Gasteiger partial charge is 0.492 e. The van der Waals surface area contributed by atoms with E-state index in [-0.39, 0.29) is 0 Å². The summed E-state index contributed by atoms with van der Waals surface area (Å²) in [5.41, 5.74) is 1.15. The molecule has 1 aromatic carbocycles. The molecule has 1 aliphatic heterocycles. The maximum atomic E-state index is 6.09. The summed E-state index contributed by atoms with van der Waals surface area (Å²) in [6.45, 7) is 11.0. The second kappa shape index (κ2) is 12.6. The number of piperidine rings is 1. The van der Waals surface area contributed by atoms with Gasteiger partial charge in [-0.15, -0.1) is 11.3 Å². The van der Waals surface area contributed by atoms with Crippen molar-refractivity contribution in [3.8, 4) is 5.75 Å². The van der Waals surface area contributed by atoms with E-state index in [0.29, 0.717) is 19.2 Å². The molecule has 7 heteroatoms. The maximum absolute atomic E-state index is 6.09. The number of para-hydroxylation sites is 1. The number of anilines is 1. The lowest BCUT2D eigenvalue weighted by atomic mass is 10.1. The van der Waals surface area contributed by atoms with E-state index in [1.165, 1.54) is 5.00 Å². The van der Waals surface area contributed by atoms with Crippen LogP contribution in [0.5, 0.6) is 5.75 Å². The lowest BCUT2D eigenvalue weighted by Crippen LogP contribution is -2.48. The summed E-state index contributed by atoms with van der Waals surface area (Å²) in [5.74, 6) is 1.80. The zero-order chi connectivity index (χ0) is 21.9. The third-order valence-electron chi connectivity index (χ3n) is 5.86. The summed E-state index contributed by atoms with van der Waals surface area (Å²) in [7, 11) is 1.84. The Morgan fingerprint density at radius 3 is 2.61 bits per heavy atom. The average Bonchev–Trinajstić information content (AvgIpc) is 3.35. The molecule has 1 aromatic heterocycles. The molecule has 0 spiro atoms. The van der Waals surface area contributed by atoms with Crippen molar-refractivity contribution in [2.24, 2.45) is 4.99 Å². The highest BCUT2D eigenvalue weighted by Gasteiger charge is 2.20. The molecule has 0 atom stereocenters. The quantitative estimate of drug-likeness (QED) is 0.432. The molecule has 31 heavy (non-hydrogen) atoms. The smallest absolute Gasteiger partial charge is 0.191 e. The number of aliphatic imine (C=N–C) groups is 1. The standard InChI is InChI=1S/C24H37N5OS/c1-4-28(5-2)16-17-30-22-10-7-6-9-20(22)19-26-24(25-3)27-21-12-14-29(15-13-21)23-11-8-18-31-23/h6-11,18,21H,4-5,12-17,19H2,1-3H3,(H2,25,26,27). The van der Waals surface area contributed by atoms with Gasteiger partial charge in [0.05, 0.1) is 5.00 Å². The monoisotopic (exact) mass is 443 g/mol. The summed E-state index contributed by atoms with van der Waals surface area (Å²) in [6.07, 6.45) is 2.23. The number of nitrogens with zero attached hydrogens (tertiary/aromatic N) is 3. The van der Waals surface area contributed by atoms with Crippen LogP contribution in [0.3, 0.4) is 0 Å². The van der Waals surface area contributed by atoms with Gasteiger partial charge in [0.2, 0.25) is 0 Å². The number of ether oxygens (including phenoxy) is 1. The Balaban J connectivity index is 1.45. The number of hydrogen-bond acceptors (Lipinski definition) is 5. The van der Waals surface area contributed by atoms with Crippen LogP contribution in [0, 0.1) is 0 Å². The average molecular weight is 444 g/mol. The molecule has 1 saturated heterocycles. The molecule has 170 valence electrons. The van der Waals surface area contributed by atoms with Gasteiger partial charge in [0.15, 0.2) is 5.96 Å². The van der Waals surface area contributed by atoms with E-state index in [0.717, 1.165) is 62.8 Å². The van der Waals surface area contributed by atoms with Gasteiger partial charge in [0, 0.05) is 44.8 Å². The number of rotatable bonds is 10. The first-order valence-corrected chi connectivity index (χ1v) is 12.3. The molecular formula is C24H37N5OS. The molecule has 2 heterocycles. The van der Waals surface area contributed by atoms with E-state index < -0.39 is 0 Å². The lowest BCUT2D eigenvalue weighted by molar-refractivity contribution is 0.221. The van der Waals surface area contributed by atoms with Gasteiger partial charge in [-0.3, -0.25) is 4.99 Å². The summed E-state index contributed by atoms with van der Waals surface area (Å²) in [5, 5.41) is 10.6. The fraction of sp³-hybridized carbons (Fsp3) is 0.542. The van der Waals surface area contributed by atoms with Crippen LogP contribution in [0.15, 0.2) is 46.8 Å². The van der Waals surface area contributed by atoms with Crippen molar-refractivity contribution < 1.29 is 4.74 Å². The molecule has 1 aliphatic rings. The van der Waals surface area contributed by atoms with Crippen molar-refractivity contribution in [1.29, 1.82) is 0 Å². The Hall–Kier alpha value is -2.25. The number of guanidine groups is 1. The minimum Gasteiger partial charge on any atom is -0.492 e. The molecule has 0 amide bonds. The molecule has 0 aliphatic carbocycles. The molecule has 3 rings (SSSR count). The van der Waals surface area contributed by atoms with Crippen molar-refractivity contribution in [2.75, 3.05) is 51.3 Å². The van der Waals surface area contributed by atoms with Crippen LogP contribution in [0.1, 0.15) is 32.3 Å². The number of likely N-dealkylation sites (N-methyl/N-ethyl adjacent to an activating group) is 1. The van der Waals surface area contributed by atoms with Gasteiger partial charge in [-0.25, -0.2) is 0 Å². The Labute approximate surface area is 191 Å². The van der Waals surface area contributed by atoms with E-state index >= 15 is 0 Å².